The first-order valence-electron chi connectivity index (χ1n) is 9.99. The van der Waals surface area contributed by atoms with Gasteiger partial charge < -0.3 is 5.32 Å². The summed E-state index contributed by atoms with van der Waals surface area (Å²) in [5.74, 6) is -0.620. The molecule has 0 radical (unpaired) electrons. The fraction of sp³-hybridized carbons (Fsp3) is 0.227. The molecule has 1 aliphatic heterocycles. The number of carbonyl (C=O) groups is 1. The summed E-state index contributed by atoms with van der Waals surface area (Å²) < 4.78 is 27.3. The summed E-state index contributed by atoms with van der Waals surface area (Å²) in [6.45, 7) is 1.00. The molecule has 0 spiro atoms. The van der Waals surface area contributed by atoms with E-state index in [2.05, 4.69) is 10.3 Å². The average molecular weight is 485 g/mol. The van der Waals surface area contributed by atoms with E-state index < -0.39 is 15.9 Å². The predicted molar refractivity (Wildman–Crippen MR) is 127 cm³/mol. The lowest BCUT2D eigenvalue weighted by molar-refractivity contribution is -0.112. The molecule has 1 saturated heterocycles. The molecular weight excluding hydrogens is 464 g/mol. The average Bonchev–Trinajstić information content (AvgIpc) is 3.50. The fourth-order valence-electron chi connectivity index (χ4n) is 3.35. The Morgan fingerprint density at radius 1 is 1.19 bits per heavy atom. The van der Waals surface area contributed by atoms with Gasteiger partial charge in [0.05, 0.1) is 10.6 Å². The Balaban J connectivity index is 1.51. The molecule has 3 heterocycles. The van der Waals surface area contributed by atoms with Gasteiger partial charge in [-0.3, -0.25) is 4.79 Å². The molecule has 0 aliphatic carbocycles. The van der Waals surface area contributed by atoms with Crippen molar-refractivity contribution < 1.29 is 13.2 Å². The first-order chi connectivity index (χ1) is 15.5. The molecule has 164 valence electrons. The zero-order chi connectivity index (χ0) is 22.6. The minimum absolute atomic E-state index is 0.114. The van der Waals surface area contributed by atoms with E-state index in [-0.39, 0.29) is 10.5 Å². The zero-order valence-electron chi connectivity index (χ0n) is 17.0. The van der Waals surface area contributed by atoms with Gasteiger partial charge in [-0.15, -0.1) is 11.3 Å². The van der Waals surface area contributed by atoms with Crippen molar-refractivity contribution in [1.29, 1.82) is 5.26 Å². The Labute approximate surface area is 194 Å². The summed E-state index contributed by atoms with van der Waals surface area (Å²) in [7, 11) is -3.62. The number of hydrogen-bond donors (Lipinski definition) is 1. The van der Waals surface area contributed by atoms with Gasteiger partial charge in [0.15, 0.2) is 0 Å². The van der Waals surface area contributed by atoms with E-state index in [0.717, 1.165) is 29.8 Å². The Bertz CT molecular complexity index is 1280. The zero-order valence-corrected chi connectivity index (χ0v) is 19.5. The largest absolute Gasteiger partial charge is 0.321 e. The number of nitrogens with zero attached hydrogens (tertiary/aromatic N) is 3. The number of benzene rings is 1. The van der Waals surface area contributed by atoms with Gasteiger partial charge in [0.25, 0.3) is 5.91 Å². The number of carbonyl (C=O) groups excluding carboxylic acids is 1. The SMILES string of the molecule is N#CC(=Cc1csc(-c2ccsc2)n1)C(=O)Nc1cccc(S(=O)(=O)N2CCCCC2)c1. The number of thiazole rings is 1. The summed E-state index contributed by atoms with van der Waals surface area (Å²) in [6.07, 6.45) is 4.14. The maximum Gasteiger partial charge on any atom is 0.266 e. The Morgan fingerprint density at radius 3 is 2.72 bits per heavy atom. The van der Waals surface area contributed by atoms with Crippen LogP contribution in [0, 0.1) is 11.3 Å². The first kappa shape index (κ1) is 22.4. The first-order valence-corrected chi connectivity index (χ1v) is 13.2. The minimum Gasteiger partial charge on any atom is -0.321 e. The van der Waals surface area contributed by atoms with Crippen LogP contribution in [-0.4, -0.2) is 36.7 Å². The van der Waals surface area contributed by atoms with Crippen LogP contribution in [0.2, 0.25) is 0 Å². The summed E-state index contributed by atoms with van der Waals surface area (Å²) in [4.78, 5) is 17.2. The molecule has 4 rings (SSSR count). The van der Waals surface area contributed by atoms with Crippen LogP contribution in [0.1, 0.15) is 25.0 Å². The Morgan fingerprint density at radius 2 is 2.00 bits per heavy atom. The third-order valence-corrected chi connectivity index (χ3v) is 8.48. The van der Waals surface area contributed by atoms with Crippen LogP contribution in [0.5, 0.6) is 0 Å². The fourth-order valence-corrected chi connectivity index (χ4v) is 6.41. The summed E-state index contributed by atoms with van der Waals surface area (Å²) in [6, 6.07) is 9.98. The molecular formula is C22H20N4O3S3. The summed E-state index contributed by atoms with van der Waals surface area (Å²) in [5, 5.41) is 18.6. The monoisotopic (exact) mass is 484 g/mol. The lowest BCUT2D eigenvalue weighted by Crippen LogP contribution is -2.35. The Kier molecular flexibility index (Phi) is 6.81. The lowest BCUT2D eigenvalue weighted by Gasteiger charge is -2.26. The maximum absolute atomic E-state index is 12.9. The van der Waals surface area contributed by atoms with Gasteiger partial charge in [0, 0.05) is 35.1 Å². The van der Waals surface area contributed by atoms with Gasteiger partial charge in [0.2, 0.25) is 10.0 Å². The molecule has 1 amide bonds. The van der Waals surface area contributed by atoms with Gasteiger partial charge in [-0.1, -0.05) is 12.5 Å². The van der Waals surface area contributed by atoms with Crippen molar-refractivity contribution in [3.8, 4) is 16.6 Å². The number of piperidine rings is 1. The summed E-state index contributed by atoms with van der Waals surface area (Å²) >= 11 is 3.00. The van der Waals surface area contributed by atoms with Crippen LogP contribution >= 0.6 is 22.7 Å². The highest BCUT2D eigenvalue weighted by molar-refractivity contribution is 7.89. The molecule has 1 N–H and O–H groups in total. The molecule has 3 aromatic rings. The molecule has 7 nitrogen and oxygen atoms in total. The van der Waals surface area contributed by atoms with Crippen LogP contribution in [0.15, 0.2) is 56.9 Å². The van der Waals surface area contributed by atoms with E-state index >= 15 is 0 Å². The van der Waals surface area contributed by atoms with E-state index in [9.17, 15) is 18.5 Å². The van der Waals surface area contributed by atoms with Crippen molar-refractivity contribution in [3.63, 3.8) is 0 Å². The van der Waals surface area contributed by atoms with Crippen LogP contribution in [0.4, 0.5) is 5.69 Å². The molecule has 1 aliphatic rings. The van der Waals surface area contributed by atoms with Gasteiger partial charge in [0.1, 0.15) is 16.6 Å². The third-order valence-electron chi connectivity index (χ3n) is 4.99. The maximum atomic E-state index is 12.9. The number of hydrogen-bond acceptors (Lipinski definition) is 7. The molecule has 0 unspecified atom stereocenters. The van der Waals surface area contributed by atoms with Crippen molar-refractivity contribution in [1.82, 2.24) is 9.29 Å². The lowest BCUT2D eigenvalue weighted by atomic mass is 10.2. The van der Waals surface area contributed by atoms with Crippen molar-refractivity contribution in [3.05, 3.63) is 57.7 Å². The molecule has 1 fully saturated rings. The number of aromatic nitrogens is 1. The summed E-state index contributed by atoms with van der Waals surface area (Å²) in [5.41, 5.74) is 1.71. The highest BCUT2D eigenvalue weighted by Gasteiger charge is 2.26. The number of thiophene rings is 1. The second-order valence-corrected chi connectivity index (χ2v) is 10.8. The minimum atomic E-state index is -3.62. The number of anilines is 1. The Hall–Kier alpha value is -2.84. The standard InChI is InChI=1S/C22H20N4O3S3/c23-13-17(11-19-15-31-22(25-19)16-7-10-30-14-16)21(27)24-18-5-4-6-20(12-18)32(28,29)26-8-2-1-3-9-26/h4-7,10-12,14-15H,1-3,8-9H2,(H,24,27). The molecule has 0 bridgehead atoms. The van der Waals surface area contributed by atoms with Crippen LogP contribution in [0.3, 0.4) is 0 Å². The van der Waals surface area contributed by atoms with E-state index in [1.54, 1.807) is 28.8 Å². The smallest absolute Gasteiger partial charge is 0.266 e. The van der Waals surface area contributed by atoms with Crippen molar-refractivity contribution in [2.45, 2.75) is 24.2 Å². The van der Waals surface area contributed by atoms with Gasteiger partial charge >= 0.3 is 0 Å². The molecule has 0 atom stereocenters. The van der Waals surface area contributed by atoms with Gasteiger partial charge in [-0.25, -0.2) is 13.4 Å². The number of amides is 1. The van der Waals surface area contributed by atoms with Crippen LogP contribution < -0.4 is 5.32 Å². The molecule has 32 heavy (non-hydrogen) atoms. The number of sulfonamides is 1. The second-order valence-electron chi connectivity index (χ2n) is 7.21. The third kappa shape index (κ3) is 4.97. The van der Waals surface area contributed by atoms with Crippen molar-refractivity contribution >= 4 is 50.4 Å². The van der Waals surface area contributed by atoms with Crippen LogP contribution in [-0.2, 0) is 14.8 Å². The number of nitriles is 1. The van der Waals surface area contributed by atoms with Crippen LogP contribution in [0.25, 0.3) is 16.6 Å². The van der Waals surface area contributed by atoms with Crippen molar-refractivity contribution in [2.75, 3.05) is 18.4 Å². The number of nitrogens with one attached hydrogen (secondary N) is 1. The van der Waals surface area contributed by atoms with Gasteiger partial charge in [-0.2, -0.15) is 20.9 Å². The van der Waals surface area contributed by atoms with E-state index in [4.69, 9.17) is 0 Å². The highest BCUT2D eigenvalue weighted by atomic mass is 32.2. The molecule has 1 aromatic carbocycles. The second kappa shape index (κ2) is 9.75. The molecule has 0 saturated carbocycles. The quantitative estimate of drug-likeness (QED) is 0.407. The topological polar surface area (TPSA) is 103 Å². The van der Waals surface area contributed by atoms with Gasteiger partial charge in [-0.05, 0) is 48.6 Å². The predicted octanol–water partition coefficient (Wildman–Crippen LogP) is 4.59. The van der Waals surface area contributed by atoms with E-state index in [1.807, 2.05) is 22.9 Å². The molecule has 2 aromatic heterocycles. The van der Waals surface area contributed by atoms with E-state index in [1.165, 1.54) is 33.9 Å². The molecule has 10 heteroatoms. The normalized spacial score (nSPS) is 15.3. The van der Waals surface area contributed by atoms with E-state index in [0.29, 0.717) is 24.5 Å². The van der Waals surface area contributed by atoms with Crippen molar-refractivity contribution in [2.24, 2.45) is 0 Å². The highest BCUT2D eigenvalue weighted by Crippen LogP contribution is 2.27. The number of rotatable bonds is 6.